The lowest BCUT2D eigenvalue weighted by atomic mass is 10.1. The molecule has 0 bridgehead atoms. The molecule has 0 fully saturated rings. The molecular formula is C13H19N5S2. The Bertz CT molecular complexity index is 538. The van der Waals surface area contributed by atoms with Gasteiger partial charge in [0, 0.05) is 26.3 Å². The summed E-state index contributed by atoms with van der Waals surface area (Å²) in [6.07, 6.45) is 1.92. The Hall–Kier alpha value is -1.18. The summed E-state index contributed by atoms with van der Waals surface area (Å²) in [5.74, 6) is 0. The van der Waals surface area contributed by atoms with Gasteiger partial charge in [-0.2, -0.15) is 0 Å². The highest BCUT2D eigenvalue weighted by Crippen LogP contribution is 2.31. The first-order valence-corrected chi connectivity index (χ1v) is 8.11. The summed E-state index contributed by atoms with van der Waals surface area (Å²) >= 11 is 3.12. The van der Waals surface area contributed by atoms with Crippen LogP contribution in [0.2, 0.25) is 0 Å². The number of hydrogen-bond acceptors (Lipinski definition) is 7. The summed E-state index contributed by atoms with van der Waals surface area (Å²) in [4.78, 5) is 6.43. The molecule has 2 heterocycles. The van der Waals surface area contributed by atoms with Gasteiger partial charge in [-0.1, -0.05) is 24.3 Å². The molecule has 0 aliphatic heterocycles. The van der Waals surface area contributed by atoms with Crippen molar-refractivity contribution < 1.29 is 0 Å². The van der Waals surface area contributed by atoms with Crippen molar-refractivity contribution in [1.82, 2.24) is 20.5 Å². The maximum Gasteiger partial charge on any atom is 0.208 e. The van der Waals surface area contributed by atoms with E-state index in [1.165, 1.54) is 5.56 Å². The van der Waals surface area contributed by atoms with Crippen molar-refractivity contribution >= 4 is 28.2 Å². The molecule has 2 aromatic heterocycles. The third-order valence-corrected chi connectivity index (χ3v) is 4.83. The highest BCUT2D eigenvalue weighted by Gasteiger charge is 2.09. The molecule has 1 unspecified atom stereocenters. The van der Waals surface area contributed by atoms with Crippen LogP contribution in [-0.4, -0.2) is 35.8 Å². The van der Waals surface area contributed by atoms with Gasteiger partial charge in [0.15, 0.2) is 4.34 Å². The minimum absolute atomic E-state index is 0.327. The molecule has 0 aromatic carbocycles. The van der Waals surface area contributed by atoms with E-state index >= 15 is 0 Å². The van der Waals surface area contributed by atoms with Gasteiger partial charge in [-0.3, -0.25) is 0 Å². The van der Waals surface area contributed by atoms with Gasteiger partial charge in [0.2, 0.25) is 5.13 Å². The monoisotopic (exact) mass is 309 g/mol. The molecule has 1 atom stereocenters. The molecule has 0 saturated heterocycles. The molecule has 0 saturated carbocycles. The van der Waals surface area contributed by atoms with Crippen molar-refractivity contribution in [2.45, 2.75) is 29.3 Å². The topological polar surface area (TPSA) is 53.9 Å². The molecule has 20 heavy (non-hydrogen) atoms. The number of nitrogens with one attached hydrogen (secondary N) is 1. The van der Waals surface area contributed by atoms with Gasteiger partial charge in [0.05, 0.1) is 0 Å². The van der Waals surface area contributed by atoms with Gasteiger partial charge in [-0.05, 0) is 36.9 Å². The van der Waals surface area contributed by atoms with Gasteiger partial charge in [0.1, 0.15) is 5.03 Å². The van der Waals surface area contributed by atoms with Crippen LogP contribution in [0.25, 0.3) is 0 Å². The van der Waals surface area contributed by atoms with Crippen molar-refractivity contribution in [3.8, 4) is 0 Å². The van der Waals surface area contributed by atoms with E-state index in [-0.39, 0.29) is 0 Å². The molecule has 7 heteroatoms. The molecule has 5 nitrogen and oxygen atoms in total. The molecule has 2 rings (SSSR count). The van der Waals surface area contributed by atoms with Crippen LogP contribution in [0, 0.1) is 0 Å². The molecule has 0 aliphatic rings. The zero-order valence-corrected chi connectivity index (χ0v) is 13.8. The molecule has 0 aliphatic carbocycles. The molecule has 108 valence electrons. The van der Waals surface area contributed by atoms with Gasteiger partial charge in [0.25, 0.3) is 0 Å². The number of nitrogens with zero attached hydrogens (tertiary/aromatic N) is 4. The number of rotatable bonds is 6. The first-order chi connectivity index (χ1) is 9.60. The van der Waals surface area contributed by atoms with Crippen LogP contribution in [0.3, 0.4) is 0 Å². The van der Waals surface area contributed by atoms with E-state index in [1.807, 2.05) is 31.3 Å². The average molecular weight is 309 g/mol. The fourth-order valence-electron chi connectivity index (χ4n) is 1.65. The van der Waals surface area contributed by atoms with E-state index in [9.17, 15) is 0 Å². The predicted molar refractivity (Wildman–Crippen MR) is 84.7 cm³/mol. The van der Waals surface area contributed by atoms with E-state index in [2.05, 4.69) is 40.4 Å². The zero-order valence-electron chi connectivity index (χ0n) is 12.1. The van der Waals surface area contributed by atoms with Crippen LogP contribution in [0.1, 0.15) is 25.5 Å². The summed E-state index contributed by atoms with van der Waals surface area (Å²) < 4.78 is 0.911. The third kappa shape index (κ3) is 3.91. The Morgan fingerprint density at radius 1 is 1.35 bits per heavy atom. The van der Waals surface area contributed by atoms with Gasteiger partial charge >= 0.3 is 0 Å². The van der Waals surface area contributed by atoms with E-state index < -0.39 is 0 Å². The standard InChI is InChI=1S/C13H19N5S2/c1-5-14-9(2)10-6-7-11(15-8-10)19-13-17-16-12(20-13)18(3)4/h6-9,14H,5H2,1-4H3. The van der Waals surface area contributed by atoms with Crippen molar-refractivity contribution in [3.05, 3.63) is 23.9 Å². The molecule has 0 radical (unpaired) electrons. The maximum atomic E-state index is 4.48. The van der Waals surface area contributed by atoms with E-state index in [1.54, 1.807) is 23.1 Å². The van der Waals surface area contributed by atoms with E-state index in [4.69, 9.17) is 0 Å². The van der Waals surface area contributed by atoms with Crippen LogP contribution >= 0.6 is 23.1 Å². The van der Waals surface area contributed by atoms with Crippen molar-refractivity contribution in [2.24, 2.45) is 0 Å². The first-order valence-electron chi connectivity index (χ1n) is 6.48. The highest BCUT2D eigenvalue weighted by molar-refractivity contribution is 8.01. The first kappa shape index (κ1) is 15.2. The number of pyridine rings is 1. The minimum atomic E-state index is 0.327. The number of aromatic nitrogens is 3. The zero-order chi connectivity index (χ0) is 14.5. The summed E-state index contributed by atoms with van der Waals surface area (Å²) in [6.45, 7) is 5.20. The minimum Gasteiger partial charge on any atom is -0.353 e. The maximum absolute atomic E-state index is 4.48. The van der Waals surface area contributed by atoms with Gasteiger partial charge in [-0.15, -0.1) is 10.2 Å². The molecule has 0 amide bonds. The fourth-order valence-corrected chi connectivity index (χ4v) is 3.30. The van der Waals surface area contributed by atoms with Crippen molar-refractivity contribution in [2.75, 3.05) is 25.5 Å². The second-order valence-corrected chi connectivity index (χ2v) is 6.78. The summed E-state index contributed by atoms with van der Waals surface area (Å²) in [7, 11) is 3.92. The molecule has 1 N–H and O–H groups in total. The Labute approximate surface area is 127 Å². The SMILES string of the molecule is CCNC(C)c1ccc(Sc2nnc(N(C)C)s2)nc1. The van der Waals surface area contributed by atoms with Gasteiger partial charge < -0.3 is 10.2 Å². The van der Waals surface area contributed by atoms with Gasteiger partial charge in [-0.25, -0.2) is 4.98 Å². The van der Waals surface area contributed by atoms with Crippen LogP contribution in [0.15, 0.2) is 27.7 Å². The number of hydrogen-bond donors (Lipinski definition) is 1. The Kier molecular flexibility index (Phi) is 5.33. The van der Waals surface area contributed by atoms with Crippen LogP contribution in [0.4, 0.5) is 5.13 Å². The third-order valence-electron chi connectivity index (χ3n) is 2.74. The Balaban J connectivity index is 2.02. The lowest BCUT2D eigenvalue weighted by molar-refractivity contribution is 0.595. The van der Waals surface area contributed by atoms with E-state index in [0.29, 0.717) is 6.04 Å². The van der Waals surface area contributed by atoms with Crippen LogP contribution in [0.5, 0.6) is 0 Å². The van der Waals surface area contributed by atoms with Crippen LogP contribution < -0.4 is 10.2 Å². The Morgan fingerprint density at radius 3 is 2.70 bits per heavy atom. The van der Waals surface area contributed by atoms with E-state index in [0.717, 1.165) is 21.0 Å². The van der Waals surface area contributed by atoms with Crippen molar-refractivity contribution in [3.63, 3.8) is 0 Å². The quantitative estimate of drug-likeness (QED) is 0.885. The lowest BCUT2D eigenvalue weighted by Crippen LogP contribution is -2.17. The normalized spacial score (nSPS) is 12.4. The second kappa shape index (κ2) is 7.01. The number of anilines is 1. The predicted octanol–water partition coefficient (Wildman–Crippen LogP) is 2.82. The Morgan fingerprint density at radius 2 is 2.15 bits per heavy atom. The average Bonchev–Trinajstić information content (AvgIpc) is 2.88. The second-order valence-electron chi connectivity index (χ2n) is 4.56. The molecular weight excluding hydrogens is 290 g/mol. The lowest BCUT2D eigenvalue weighted by Gasteiger charge is -2.12. The smallest absolute Gasteiger partial charge is 0.208 e. The fraction of sp³-hybridized carbons (Fsp3) is 0.462. The van der Waals surface area contributed by atoms with Crippen molar-refractivity contribution in [1.29, 1.82) is 0 Å². The van der Waals surface area contributed by atoms with Crippen LogP contribution in [-0.2, 0) is 0 Å². The summed E-state index contributed by atoms with van der Waals surface area (Å²) in [5.41, 5.74) is 1.20. The largest absolute Gasteiger partial charge is 0.353 e. The molecule has 0 spiro atoms. The summed E-state index contributed by atoms with van der Waals surface area (Å²) in [5, 5.41) is 13.5. The summed E-state index contributed by atoms with van der Waals surface area (Å²) in [6, 6.07) is 4.47. The highest BCUT2D eigenvalue weighted by atomic mass is 32.2. The molecule has 2 aromatic rings.